The number of amides is 1. The first-order chi connectivity index (χ1) is 21.5. The Morgan fingerprint density at radius 3 is 2.36 bits per heavy atom. The van der Waals surface area contributed by atoms with E-state index in [0.717, 1.165) is 17.0 Å². The van der Waals surface area contributed by atoms with Crippen LogP contribution in [0, 0.1) is 0 Å². The normalized spacial score (nSPS) is 11.4. The number of nitrogens with two attached hydrogens (primary N) is 1. The monoisotopic (exact) mass is 592 g/mol. The summed E-state index contributed by atoms with van der Waals surface area (Å²) in [5.41, 5.74) is 10.3. The van der Waals surface area contributed by atoms with Crippen molar-refractivity contribution in [3.63, 3.8) is 0 Å². The van der Waals surface area contributed by atoms with Crippen molar-refractivity contribution in [2.45, 2.75) is 45.1 Å². The number of fused-ring (bicyclic) bond motifs is 1. The maximum atomic E-state index is 12.5. The number of carbonyl (C=O) groups excluding carboxylic acids is 1. The van der Waals surface area contributed by atoms with E-state index in [1.165, 1.54) is 16.3 Å². The number of aromatic amines is 1. The third-order valence-corrected chi connectivity index (χ3v) is 7.10. The highest BCUT2D eigenvalue weighted by Gasteiger charge is 2.20. The van der Waals surface area contributed by atoms with E-state index in [1.54, 1.807) is 18.3 Å². The Hall–Kier alpha value is -4.83. The minimum absolute atomic E-state index is 0.355. The fourth-order valence-electron chi connectivity index (χ4n) is 4.71. The summed E-state index contributed by atoms with van der Waals surface area (Å²) in [4.78, 5) is 31.4. The van der Waals surface area contributed by atoms with Crippen molar-refractivity contribution in [2.24, 2.45) is 5.73 Å². The predicted octanol–water partition coefficient (Wildman–Crippen LogP) is 4.75. The quantitative estimate of drug-likeness (QED) is 0.102. The molecule has 0 spiro atoms. The van der Waals surface area contributed by atoms with E-state index in [2.05, 4.69) is 50.2 Å². The maximum Gasteiger partial charge on any atom is 0.326 e. The molecule has 5 rings (SSSR count). The third-order valence-electron chi connectivity index (χ3n) is 7.10. The van der Waals surface area contributed by atoms with Crippen LogP contribution in [0.25, 0.3) is 10.8 Å². The van der Waals surface area contributed by atoms with Crippen LogP contribution in [0.5, 0.6) is 0 Å². The lowest BCUT2D eigenvalue weighted by atomic mass is 10.1. The van der Waals surface area contributed by atoms with Gasteiger partial charge in [-0.25, -0.2) is 4.79 Å². The number of nitrogens with zero attached hydrogens (tertiary/aromatic N) is 1. The number of benzene rings is 3. The fraction of sp³-hybridized carbons (Fsp3) is 0.229. The number of rotatable bonds is 14. The zero-order chi connectivity index (χ0) is 31.0. The van der Waals surface area contributed by atoms with Crippen molar-refractivity contribution >= 4 is 22.6 Å². The lowest BCUT2D eigenvalue weighted by molar-refractivity contribution is -0.139. The molecule has 1 atom stereocenters. The molecule has 2 heterocycles. The Kier molecular flexibility index (Phi) is 12.6. The van der Waals surface area contributed by atoms with Gasteiger partial charge in [-0.2, -0.15) is 0 Å². The van der Waals surface area contributed by atoms with Gasteiger partial charge in [-0.05, 0) is 77.7 Å². The zero-order valence-electron chi connectivity index (χ0n) is 24.7. The molecule has 0 saturated carbocycles. The number of carboxylic acid groups (broad SMARTS) is 1. The van der Waals surface area contributed by atoms with Crippen LogP contribution in [0.2, 0.25) is 0 Å². The first-order valence-electron chi connectivity index (χ1n) is 14.8. The van der Waals surface area contributed by atoms with E-state index in [4.69, 9.17) is 5.73 Å². The predicted molar refractivity (Wildman–Crippen MR) is 174 cm³/mol. The Labute approximate surface area is 257 Å². The van der Waals surface area contributed by atoms with Gasteiger partial charge in [0, 0.05) is 49.8 Å². The molecule has 0 bridgehead atoms. The summed E-state index contributed by atoms with van der Waals surface area (Å²) in [6, 6.07) is 30.4. The molecular weight excluding hydrogens is 552 g/mol. The molecule has 0 aliphatic carbocycles. The fourth-order valence-corrected chi connectivity index (χ4v) is 4.71. The topological polar surface area (TPSA) is 145 Å². The van der Waals surface area contributed by atoms with Crippen LogP contribution in [-0.4, -0.2) is 39.5 Å². The largest absolute Gasteiger partial charge is 0.480 e. The van der Waals surface area contributed by atoms with E-state index in [-0.39, 0.29) is 5.91 Å². The number of hydrogen-bond acceptors (Lipinski definition) is 6. The first-order valence-corrected chi connectivity index (χ1v) is 14.8. The van der Waals surface area contributed by atoms with Gasteiger partial charge in [0.15, 0.2) is 0 Å². The number of hydrogen-bond donors (Lipinski definition) is 6. The summed E-state index contributed by atoms with van der Waals surface area (Å²) >= 11 is 0. The van der Waals surface area contributed by atoms with Gasteiger partial charge in [0.1, 0.15) is 6.04 Å². The number of aliphatic carboxylic acids is 1. The molecule has 44 heavy (non-hydrogen) atoms. The molecular formula is C35H40N6O3. The van der Waals surface area contributed by atoms with Gasteiger partial charge in [-0.1, -0.05) is 60.7 Å². The SMILES string of the molecule is NCc1cccc2ccccc12.O=C(N[C@@H](CCCNCc1ccc[nH]1)C(=O)O)c1ccc(CNCc2ccccn2)cc1. The Bertz CT molecular complexity index is 1570. The molecule has 1 amide bonds. The Morgan fingerprint density at radius 1 is 0.841 bits per heavy atom. The molecule has 7 N–H and O–H groups in total. The van der Waals surface area contributed by atoms with Gasteiger partial charge in [0.2, 0.25) is 0 Å². The number of aromatic nitrogens is 2. The lowest BCUT2D eigenvalue weighted by Crippen LogP contribution is -2.41. The van der Waals surface area contributed by atoms with Crippen molar-refractivity contribution in [3.8, 4) is 0 Å². The van der Waals surface area contributed by atoms with Gasteiger partial charge in [-0.15, -0.1) is 0 Å². The molecule has 0 radical (unpaired) electrons. The van der Waals surface area contributed by atoms with Crippen LogP contribution < -0.4 is 21.7 Å². The minimum Gasteiger partial charge on any atom is -0.480 e. The second-order valence-corrected chi connectivity index (χ2v) is 10.3. The zero-order valence-corrected chi connectivity index (χ0v) is 24.7. The molecule has 0 unspecified atom stereocenters. The highest BCUT2D eigenvalue weighted by Crippen LogP contribution is 2.17. The molecule has 0 aliphatic heterocycles. The van der Waals surface area contributed by atoms with Crippen molar-refractivity contribution in [1.29, 1.82) is 0 Å². The molecule has 5 aromatic rings. The van der Waals surface area contributed by atoms with E-state index in [0.29, 0.717) is 51.1 Å². The average Bonchev–Trinajstić information content (AvgIpc) is 3.58. The van der Waals surface area contributed by atoms with E-state index in [9.17, 15) is 14.7 Å². The van der Waals surface area contributed by atoms with Crippen molar-refractivity contribution in [2.75, 3.05) is 6.54 Å². The maximum absolute atomic E-state index is 12.5. The minimum atomic E-state index is -1.03. The van der Waals surface area contributed by atoms with Crippen LogP contribution in [0.1, 0.15) is 45.7 Å². The van der Waals surface area contributed by atoms with Gasteiger partial charge >= 0.3 is 5.97 Å². The summed E-state index contributed by atoms with van der Waals surface area (Å²) in [6.07, 6.45) is 4.61. The molecule has 9 nitrogen and oxygen atoms in total. The van der Waals surface area contributed by atoms with Crippen LogP contribution in [0.4, 0.5) is 0 Å². The molecule has 3 aromatic carbocycles. The van der Waals surface area contributed by atoms with Crippen molar-refractivity contribution in [1.82, 2.24) is 25.9 Å². The highest BCUT2D eigenvalue weighted by atomic mass is 16.4. The molecule has 2 aromatic heterocycles. The summed E-state index contributed by atoms with van der Waals surface area (Å²) in [7, 11) is 0. The van der Waals surface area contributed by atoms with Crippen LogP contribution >= 0.6 is 0 Å². The molecule has 228 valence electrons. The van der Waals surface area contributed by atoms with E-state index >= 15 is 0 Å². The third kappa shape index (κ3) is 10.2. The van der Waals surface area contributed by atoms with Gasteiger partial charge in [0.05, 0.1) is 5.69 Å². The Balaban J connectivity index is 0.000000305. The lowest BCUT2D eigenvalue weighted by Gasteiger charge is -2.15. The highest BCUT2D eigenvalue weighted by molar-refractivity contribution is 5.96. The van der Waals surface area contributed by atoms with Crippen molar-refractivity contribution in [3.05, 3.63) is 138 Å². The molecule has 9 heteroatoms. The smallest absolute Gasteiger partial charge is 0.326 e. The summed E-state index contributed by atoms with van der Waals surface area (Å²) < 4.78 is 0. The second-order valence-electron chi connectivity index (χ2n) is 10.3. The van der Waals surface area contributed by atoms with Gasteiger partial charge < -0.3 is 31.8 Å². The molecule has 0 fully saturated rings. The van der Waals surface area contributed by atoms with Crippen LogP contribution in [0.3, 0.4) is 0 Å². The number of nitrogens with one attached hydrogen (secondary N) is 4. The van der Waals surface area contributed by atoms with Gasteiger partial charge in [-0.3, -0.25) is 9.78 Å². The van der Waals surface area contributed by atoms with Crippen LogP contribution in [-0.2, 0) is 31.0 Å². The van der Waals surface area contributed by atoms with E-state index < -0.39 is 12.0 Å². The first kappa shape index (κ1) is 32.1. The summed E-state index contributed by atoms with van der Waals surface area (Å²) in [6.45, 7) is 3.27. The standard InChI is InChI=1S/C24H29N5O3.C11H11N/c30-23(29-22(24(31)32)7-4-12-25-16-21-6-3-14-28-21)19-10-8-18(9-11-19)15-26-17-20-5-1-2-13-27-20;12-8-10-6-3-5-9-4-1-2-7-11(9)10/h1-3,5-6,8-11,13-14,22,25-26,28H,4,7,12,15-17H2,(H,29,30)(H,31,32);1-7H,8,12H2/t22-;/m0./s1. The second kappa shape index (κ2) is 17.3. The average molecular weight is 593 g/mol. The van der Waals surface area contributed by atoms with Gasteiger partial charge in [0.25, 0.3) is 5.91 Å². The summed E-state index contributed by atoms with van der Waals surface area (Å²) in [5, 5.41) is 21.2. The Morgan fingerprint density at radius 2 is 1.64 bits per heavy atom. The number of H-pyrrole nitrogens is 1. The number of carboxylic acids is 1. The van der Waals surface area contributed by atoms with Crippen LogP contribution in [0.15, 0.2) is 109 Å². The van der Waals surface area contributed by atoms with Crippen molar-refractivity contribution < 1.29 is 14.7 Å². The molecule has 0 saturated heterocycles. The molecule has 0 aliphatic rings. The summed E-state index contributed by atoms with van der Waals surface area (Å²) in [5.74, 6) is -1.41. The number of pyridine rings is 1. The number of carbonyl (C=O) groups is 2. The van der Waals surface area contributed by atoms with E-state index in [1.807, 2.05) is 66.9 Å².